The standard InChI is InChI=1S/C17H17IN2O2/c1-12-4-2-7-16(19-12)22-15-8-9-20(11-15)17(21)13-5-3-6-14(18)10-13/h2-7,10,15H,8-9,11H2,1H3. The average Bonchev–Trinajstić information content (AvgIpc) is 2.95. The Morgan fingerprint density at radius 1 is 1.32 bits per heavy atom. The third kappa shape index (κ3) is 3.58. The molecule has 1 atom stereocenters. The number of nitrogens with zero attached hydrogens (tertiary/aromatic N) is 2. The fourth-order valence-electron chi connectivity index (χ4n) is 2.57. The van der Waals surface area contributed by atoms with Crippen LogP contribution in [0.4, 0.5) is 0 Å². The maximum absolute atomic E-state index is 12.5. The molecule has 114 valence electrons. The molecule has 1 unspecified atom stereocenters. The van der Waals surface area contributed by atoms with E-state index in [1.54, 1.807) is 0 Å². The highest BCUT2D eigenvalue weighted by Gasteiger charge is 2.28. The number of likely N-dealkylation sites (tertiary alicyclic amines) is 1. The number of hydrogen-bond acceptors (Lipinski definition) is 3. The Morgan fingerprint density at radius 2 is 2.14 bits per heavy atom. The van der Waals surface area contributed by atoms with Crippen LogP contribution in [0, 0.1) is 10.5 Å². The van der Waals surface area contributed by atoms with Crippen LogP contribution in [-0.2, 0) is 0 Å². The smallest absolute Gasteiger partial charge is 0.254 e. The Bertz CT molecular complexity index is 690. The molecule has 1 amide bonds. The normalized spacial score (nSPS) is 17.5. The molecule has 22 heavy (non-hydrogen) atoms. The van der Waals surface area contributed by atoms with Gasteiger partial charge in [-0.1, -0.05) is 12.1 Å². The number of hydrogen-bond donors (Lipinski definition) is 0. The van der Waals surface area contributed by atoms with Crippen molar-refractivity contribution in [2.24, 2.45) is 0 Å². The highest BCUT2D eigenvalue weighted by molar-refractivity contribution is 14.1. The summed E-state index contributed by atoms with van der Waals surface area (Å²) in [6.07, 6.45) is 0.853. The van der Waals surface area contributed by atoms with Crippen molar-refractivity contribution in [2.75, 3.05) is 13.1 Å². The van der Waals surface area contributed by atoms with Crippen molar-refractivity contribution in [3.8, 4) is 5.88 Å². The summed E-state index contributed by atoms with van der Waals surface area (Å²) in [6, 6.07) is 13.4. The van der Waals surface area contributed by atoms with Crippen LogP contribution in [0.25, 0.3) is 0 Å². The van der Waals surface area contributed by atoms with Crippen LogP contribution in [0.1, 0.15) is 22.5 Å². The van der Waals surface area contributed by atoms with Gasteiger partial charge in [0.15, 0.2) is 0 Å². The van der Waals surface area contributed by atoms with Crippen LogP contribution in [-0.4, -0.2) is 35.0 Å². The second-order valence-corrected chi connectivity index (χ2v) is 6.65. The Balaban J connectivity index is 1.63. The van der Waals surface area contributed by atoms with Crippen molar-refractivity contribution < 1.29 is 9.53 Å². The first-order valence-corrected chi connectivity index (χ1v) is 8.35. The zero-order valence-corrected chi connectivity index (χ0v) is 14.5. The summed E-state index contributed by atoms with van der Waals surface area (Å²) in [4.78, 5) is 18.7. The predicted molar refractivity (Wildman–Crippen MR) is 93.1 cm³/mol. The van der Waals surface area contributed by atoms with Crippen molar-refractivity contribution in [2.45, 2.75) is 19.4 Å². The average molecular weight is 408 g/mol. The number of aromatic nitrogens is 1. The summed E-state index contributed by atoms with van der Waals surface area (Å²) < 4.78 is 6.96. The van der Waals surface area contributed by atoms with Gasteiger partial charge in [0.05, 0.1) is 6.54 Å². The number of carbonyl (C=O) groups excluding carboxylic acids is 1. The van der Waals surface area contributed by atoms with Gasteiger partial charge in [0.2, 0.25) is 5.88 Å². The van der Waals surface area contributed by atoms with E-state index in [2.05, 4.69) is 27.6 Å². The molecule has 1 aliphatic heterocycles. The summed E-state index contributed by atoms with van der Waals surface area (Å²) in [5.74, 6) is 0.704. The number of benzene rings is 1. The molecule has 1 fully saturated rings. The van der Waals surface area contributed by atoms with Crippen LogP contribution < -0.4 is 4.74 Å². The zero-order valence-electron chi connectivity index (χ0n) is 12.3. The van der Waals surface area contributed by atoms with E-state index in [0.717, 1.165) is 27.8 Å². The number of ether oxygens (including phenoxy) is 1. The van der Waals surface area contributed by atoms with Gasteiger partial charge in [0.1, 0.15) is 6.10 Å². The van der Waals surface area contributed by atoms with E-state index in [4.69, 9.17) is 4.74 Å². The maximum atomic E-state index is 12.5. The molecule has 1 saturated heterocycles. The van der Waals surface area contributed by atoms with Gasteiger partial charge in [-0.25, -0.2) is 4.98 Å². The van der Waals surface area contributed by atoms with Crippen molar-refractivity contribution in [3.05, 3.63) is 57.3 Å². The van der Waals surface area contributed by atoms with E-state index in [1.165, 1.54) is 0 Å². The van der Waals surface area contributed by atoms with Crippen molar-refractivity contribution in [3.63, 3.8) is 0 Å². The molecular formula is C17H17IN2O2. The van der Waals surface area contributed by atoms with E-state index in [0.29, 0.717) is 12.4 Å². The Hall–Kier alpha value is -1.63. The first-order chi connectivity index (χ1) is 10.6. The maximum Gasteiger partial charge on any atom is 0.254 e. The van der Waals surface area contributed by atoms with Crippen molar-refractivity contribution in [1.29, 1.82) is 0 Å². The molecule has 3 rings (SSSR count). The van der Waals surface area contributed by atoms with Gasteiger partial charge in [-0.2, -0.15) is 0 Å². The van der Waals surface area contributed by atoms with Gasteiger partial charge in [-0.15, -0.1) is 0 Å². The van der Waals surface area contributed by atoms with Gasteiger partial charge in [0.25, 0.3) is 5.91 Å². The van der Waals surface area contributed by atoms with E-state index >= 15 is 0 Å². The fraction of sp³-hybridized carbons (Fsp3) is 0.294. The van der Waals surface area contributed by atoms with Crippen molar-refractivity contribution >= 4 is 28.5 Å². The monoisotopic (exact) mass is 408 g/mol. The van der Waals surface area contributed by atoms with Gasteiger partial charge in [0, 0.05) is 33.9 Å². The summed E-state index contributed by atoms with van der Waals surface area (Å²) in [7, 11) is 0. The number of aryl methyl sites for hydroxylation is 1. The van der Waals surface area contributed by atoms with E-state index < -0.39 is 0 Å². The lowest BCUT2D eigenvalue weighted by molar-refractivity contribution is 0.0771. The second-order valence-electron chi connectivity index (χ2n) is 5.41. The lowest BCUT2D eigenvalue weighted by Crippen LogP contribution is -2.31. The number of halogens is 1. The first kappa shape index (κ1) is 15.3. The van der Waals surface area contributed by atoms with Crippen LogP contribution >= 0.6 is 22.6 Å². The first-order valence-electron chi connectivity index (χ1n) is 7.27. The number of amides is 1. The third-order valence-corrected chi connectivity index (χ3v) is 4.32. The molecule has 0 radical (unpaired) electrons. The van der Waals surface area contributed by atoms with Gasteiger partial charge >= 0.3 is 0 Å². The van der Waals surface area contributed by atoms with E-state index in [9.17, 15) is 4.79 Å². The number of pyridine rings is 1. The lowest BCUT2D eigenvalue weighted by Gasteiger charge is -2.17. The Labute approximate surface area is 143 Å². The van der Waals surface area contributed by atoms with Crippen molar-refractivity contribution in [1.82, 2.24) is 9.88 Å². The Morgan fingerprint density at radius 3 is 2.91 bits per heavy atom. The number of rotatable bonds is 3. The van der Waals surface area contributed by atoms with E-state index in [1.807, 2.05) is 54.3 Å². The molecule has 5 heteroatoms. The largest absolute Gasteiger partial charge is 0.472 e. The molecular weight excluding hydrogens is 391 g/mol. The summed E-state index contributed by atoms with van der Waals surface area (Å²) in [5.41, 5.74) is 1.67. The van der Waals surface area contributed by atoms with Crippen LogP contribution in [0.3, 0.4) is 0 Å². The van der Waals surface area contributed by atoms with Gasteiger partial charge in [-0.3, -0.25) is 4.79 Å². The van der Waals surface area contributed by atoms with Crippen LogP contribution in [0.15, 0.2) is 42.5 Å². The minimum atomic E-state index is 0.0148. The topological polar surface area (TPSA) is 42.4 Å². The van der Waals surface area contributed by atoms with Gasteiger partial charge < -0.3 is 9.64 Å². The Kier molecular flexibility index (Phi) is 4.61. The molecule has 0 spiro atoms. The summed E-state index contributed by atoms with van der Waals surface area (Å²) in [6.45, 7) is 3.27. The molecule has 4 nitrogen and oxygen atoms in total. The summed E-state index contributed by atoms with van der Waals surface area (Å²) in [5, 5.41) is 0. The highest BCUT2D eigenvalue weighted by Crippen LogP contribution is 2.19. The molecule has 0 aliphatic carbocycles. The minimum absolute atomic E-state index is 0.0148. The zero-order chi connectivity index (χ0) is 15.5. The lowest BCUT2D eigenvalue weighted by atomic mass is 10.2. The third-order valence-electron chi connectivity index (χ3n) is 3.65. The highest BCUT2D eigenvalue weighted by atomic mass is 127. The second kappa shape index (κ2) is 6.64. The molecule has 1 aromatic carbocycles. The molecule has 2 aromatic rings. The summed E-state index contributed by atoms with van der Waals surface area (Å²) >= 11 is 2.22. The molecule has 1 aliphatic rings. The fourth-order valence-corrected chi connectivity index (χ4v) is 3.11. The molecule has 2 heterocycles. The van der Waals surface area contributed by atoms with Crippen LogP contribution in [0.2, 0.25) is 0 Å². The SMILES string of the molecule is Cc1cccc(OC2CCN(C(=O)c3cccc(I)c3)C2)n1. The minimum Gasteiger partial charge on any atom is -0.472 e. The molecule has 0 bridgehead atoms. The van der Waals surface area contributed by atoms with Crippen LogP contribution in [0.5, 0.6) is 5.88 Å². The molecule has 0 saturated carbocycles. The van der Waals surface area contributed by atoms with Gasteiger partial charge in [-0.05, 0) is 53.8 Å². The predicted octanol–water partition coefficient (Wildman–Crippen LogP) is 3.29. The quantitative estimate of drug-likeness (QED) is 0.733. The van der Waals surface area contributed by atoms with E-state index in [-0.39, 0.29) is 12.0 Å². The molecule has 0 N–H and O–H groups in total. The molecule has 1 aromatic heterocycles. The number of carbonyl (C=O) groups is 1.